The van der Waals surface area contributed by atoms with Gasteiger partial charge in [-0.05, 0) is 26.3 Å². The lowest BCUT2D eigenvalue weighted by Gasteiger charge is -2.04. The molecule has 4 nitrogen and oxygen atoms in total. The van der Waals surface area contributed by atoms with E-state index in [1.165, 1.54) is 0 Å². The van der Waals surface area contributed by atoms with Crippen LogP contribution in [0.3, 0.4) is 0 Å². The number of rotatable bonds is 8. The van der Waals surface area contributed by atoms with E-state index in [-0.39, 0.29) is 0 Å². The Morgan fingerprint density at radius 3 is 2.59 bits per heavy atom. The average molecular weight is 260 g/mol. The van der Waals surface area contributed by atoms with Gasteiger partial charge in [-0.25, -0.2) is 0 Å². The molecule has 0 fully saturated rings. The van der Waals surface area contributed by atoms with E-state index in [0.717, 1.165) is 55.2 Å². The summed E-state index contributed by atoms with van der Waals surface area (Å²) < 4.78 is 1.70. The van der Waals surface area contributed by atoms with E-state index in [1.807, 2.05) is 14.0 Å². The predicted molar refractivity (Wildman–Crippen MR) is 70.2 cm³/mol. The number of hydrogen-bond acceptors (Lipinski definition) is 3. The molecule has 98 valence electrons. The van der Waals surface area contributed by atoms with Crippen LogP contribution in [-0.4, -0.2) is 28.0 Å². The maximum Gasteiger partial charge on any atom is 0.131 e. The topological polar surface area (TPSA) is 50.1 Å². The van der Waals surface area contributed by atoms with E-state index in [4.69, 9.17) is 16.7 Å². The van der Waals surface area contributed by atoms with E-state index in [9.17, 15) is 0 Å². The molecule has 0 radical (unpaired) electrons. The Balaban J connectivity index is 2.18. The predicted octanol–water partition coefficient (Wildman–Crippen LogP) is 2.02. The number of hydrogen-bond donors (Lipinski definition) is 2. The van der Waals surface area contributed by atoms with Crippen molar-refractivity contribution in [2.24, 2.45) is 7.05 Å². The summed E-state index contributed by atoms with van der Waals surface area (Å²) >= 11 is 6.13. The molecule has 0 aliphatic rings. The van der Waals surface area contributed by atoms with Gasteiger partial charge >= 0.3 is 0 Å². The van der Waals surface area contributed by atoms with Gasteiger partial charge in [-0.3, -0.25) is 4.68 Å². The van der Waals surface area contributed by atoms with Crippen LogP contribution in [0.1, 0.15) is 36.9 Å². The number of aryl methyl sites for hydroxylation is 2. The summed E-state index contributed by atoms with van der Waals surface area (Å²) in [6.07, 6.45) is 4.31. The minimum atomic E-state index is 0.303. The van der Waals surface area contributed by atoms with Crippen LogP contribution < -0.4 is 5.32 Å². The summed E-state index contributed by atoms with van der Waals surface area (Å²) in [5, 5.41) is 17.0. The van der Waals surface area contributed by atoms with Crippen LogP contribution in [0.2, 0.25) is 5.15 Å². The number of aliphatic hydroxyl groups excluding tert-OH is 1. The van der Waals surface area contributed by atoms with Gasteiger partial charge in [-0.2, -0.15) is 5.10 Å². The van der Waals surface area contributed by atoms with Crippen LogP contribution in [0.15, 0.2) is 0 Å². The lowest BCUT2D eigenvalue weighted by molar-refractivity contribution is 0.282. The van der Waals surface area contributed by atoms with Crippen molar-refractivity contribution in [2.45, 2.75) is 39.2 Å². The van der Waals surface area contributed by atoms with Crippen molar-refractivity contribution in [1.29, 1.82) is 0 Å². The number of nitrogens with zero attached hydrogens (tertiary/aromatic N) is 2. The quantitative estimate of drug-likeness (QED) is 0.703. The molecule has 0 unspecified atom stereocenters. The van der Waals surface area contributed by atoms with E-state index >= 15 is 0 Å². The smallest absolute Gasteiger partial charge is 0.131 e. The molecule has 0 spiro atoms. The molecule has 1 aromatic rings. The SMILES string of the molecule is Cc1nn(C)c(Cl)c1CNCCCCCCO. The van der Waals surface area contributed by atoms with Crippen molar-refractivity contribution < 1.29 is 5.11 Å². The molecule has 0 aliphatic carbocycles. The van der Waals surface area contributed by atoms with Crippen molar-refractivity contribution in [2.75, 3.05) is 13.2 Å². The molecule has 0 saturated carbocycles. The molecule has 0 saturated heterocycles. The molecule has 1 aromatic heterocycles. The molecule has 2 N–H and O–H groups in total. The van der Waals surface area contributed by atoms with Crippen LogP contribution >= 0.6 is 11.6 Å². The van der Waals surface area contributed by atoms with E-state index in [2.05, 4.69) is 10.4 Å². The number of unbranched alkanes of at least 4 members (excludes halogenated alkanes) is 3. The fraction of sp³-hybridized carbons (Fsp3) is 0.750. The zero-order chi connectivity index (χ0) is 12.7. The van der Waals surface area contributed by atoms with Crippen LogP contribution in [0.4, 0.5) is 0 Å². The van der Waals surface area contributed by atoms with Gasteiger partial charge < -0.3 is 10.4 Å². The lowest BCUT2D eigenvalue weighted by atomic mass is 10.2. The zero-order valence-electron chi connectivity index (χ0n) is 10.7. The first kappa shape index (κ1) is 14.5. The van der Waals surface area contributed by atoms with Gasteiger partial charge in [0.2, 0.25) is 0 Å². The fourth-order valence-electron chi connectivity index (χ4n) is 1.80. The summed E-state index contributed by atoms with van der Waals surface area (Å²) in [5.74, 6) is 0. The Kier molecular flexibility index (Phi) is 6.55. The highest BCUT2D eigenvalue weighted by atomic mass is 35.5. The van der Waals surface area contributed by atoms with E-state index in [1.54, 1.807) is 4.68 Å². The van der Waals surface area contributed by atoms with Crippen LogP contribution in [0.25, 0.3) is 0 Å². The maximum atomic E-state index is 8.64. The van der Waals surface area contributed by atoms with Gasteiger partial charge in [0.1, 0.15) is 5.15 Å². The minimum absolute atomic E-state index is 0.303. The second kappa shape index (κ2) is 7.69. The third kappa shape index (κ3) is 4.66. The number of aromatic nitrogens is 2. The Morgan fingerprint density at radius 1 is 1.29 bits per heavy atom. The molecule has 5 heteroatoms. The molecule has 1 heterocycles. The van der Waals surface area contributed by atoms with Gasteiger partial charge in [0.15, 0.2) is 0 Å². The van der Waals surface area contributed by atoms with Crippen molar-refractivity contribution in [3.8, 4) is 0 Å². The van der Waals surface area contributed by atoms with Crippen molar-refractivity contribution >= 4 is 11.6 Å². The van der Waals surface area contributed by atoms with E-state index < -0.39 is 0 Å². The maximum absolute atomic E-state index is 8.64. The van der Waals surface area contributed by atoms with Crippen molar-refractivity contribution in [3.63, 3.8) is 0 Å². The van der Waals surface area contributed by atoms with Gasteiger partial charge in [-0.15, -0.1) is 0 Å². The molecule has 0 amide bonds. The minimum Gasteiger partial charge on any atom is -0.396 e. The monoisotopic (exact) mass is 259 g/mol. The third-order valence-corrected chi connectivity index (χ3v) is 3.31. The van der Waals surface area contributed by atoms with Gasteiger partial charge in [0.05, 0.1) is 5.69 Å². The lowest BCUT2D eigenvalue weighted by Crippen LogP contribution is -2.15. The van der Waals surface area contributed by atoms with E-state index in [0.29, 0.717) is 6.61 Å². The van der Waals surface area contributed by atoms with Crippen molar-refractivity contribution in [3.05, 3.63) is 16.4 Å². The summed E-state index contributed by atoms with van der Waals surface area (Å²) in [7, 11) is 1.85. The Labute approximate surface area is 108 Å². The van der Waals surface area contributed by atoms with Crippen LogP contribution in [0.5, 0.6) is 0 Å². The largest absolute Gasteiger partial charge is 0.396 e. The molecular formula is C12H22ClN3O. The fourth-order valence-corrected chi connectivity index (χ4v) is 2.04. The van der Waals surface area contributed by atoms with Gasteiger partial charge in [0, 0.05) is 25.8 Å². The number of aliphatic hydroxyl groups is 1. The van der Waals surface area contributed by atoms with Crippen molar-refractivity contribution in [1.82, 2.24) is 15.1 Å². The summed E-state index contributed by atoms with van der Waals surface area (Å²) in [4.78, 5) is 0. The molecule has 0 bridgehead atoms. The molecule has 0 aliphatic heterocycles. The molecular weight excluding hydrogens is 238 g/mol. The Hall–Kier alpha value is -0.580. The third-order valence-electron chi connectivity index (χ3n) is 2.83. The Bertz CT molecular complexity index is 339. The normalized spacial score (nSPS) is 11.1. The standard InChI is InChI=1S/C12H22ClN3O/c1-10-11(12(13)16(2)15-10)9-14-7-5-3-4-6-8-17/h14,17H,3-9H2,1-2H3. The number of nitrogens with one attached hydrogen (secondary N) is 1. The first-order chi connectivity index (χ1) is 8.16. The second-order valence-corrected chi connectivity index (χ2v) is 4.65. The first-order valence-corrected chi connectivity index (χ1v) is 6.54. The molecule has 17 heavy (non-hydrogen) atoms. The number of halogens is 1. The van der Waals surface area contributed by atoms with Gasteiger partial charge in [-0.1, -0.05) is 24.4 Å². The van der Waals surface area contributed by atoms with Crippen LogP contribution in [-0.2, 0) is 13.6 Å². The highest BCUT2D eigenvalue weighted by molar-refractivity contribution is 6.30. The van der Waals surface area contributed by atoms with Gasteiger partial charge in [0.25, 0.3) is 0 Å². The summed E-state index contributed by atoms with van der Waals surface area (Å²) in [6.45, 7) is 4.04. The average Bonchev–Trinajstić information content (AvgIpc) is 2.54. The summed E-state index contributed by atoms with van der Waals surface area (Å²) in [5.41, 5.74) is 2.08. The molecule has 1 rings (SSSR count). The highest BCUT2D eigenvalue weighted by Gasteiger charge is 2.09. The highest BCUT2D eigenvalue weighted by Crippen LogP contribution is 2.17. The second-order valence-electron chi connectivity index (χ2n) is 4.29. The molecule has 0 aromatic carbocycles. The first-order valence-electron chi connectivity index (χ1n) is 6.16. The molecule has 0 atom stereocenters. The Morgan fingerprint density at radius 2 is 2.00 bits per heavy atom. The van der Waals surface area contributed by atoms with Crippen LogP contribution in [0, 0.1) is 6.92 Å². The zero-order valence-corrected chi connectivity index (χ0v) is 11.4. The summed E-state index contributed by atoms with van der Waals surface area (Å²) in [6, 6.07) is 0.